The molecule has 6 heteroatoms. The van der Waals surface area contributed by atoms with Crippen LogP contribution in [0.15, 0.2) is 18.2 Å². The lowest BCUT2D eigenvalue weighted by Gasteiger charge is -2.37. The number of nitrogens with zero attached hydrogens (tertiary/aromatic N) is 1. The van der Waals surface area contributed by atoms with Crippen molar-refractivity contribution in [3.8, 4) is 0 Å². The van der Waals surface area contributed by atoms with Crippen LogP contribution in [-0.4, -0.2) is 35.7 Å². The molecule has 1 aliphatic rings. The van der Waals surface area contributed by atoms with Crippen molar-refractivity contribution in [1.82, 2.24) is 4.90 Å². The maximum absolute atomic E-state index is 13.4. The van der Waals surface area contributed by atoms with Gasteiger partial charge in [0, 0.05) is 31.1 Å². The molecule has 1 aromatic carbocycles. The Morgan fingerprint density at radius 3 is 2.36 bits per heavy atom. The number of ether oxygens (including phenoxy) is 1. The standard InChI is InChI=1S/C16H22F2N2O2/c1-16(2,3)22-15(21)20-8-11(6-14(19)9-20)10-4-12(17)7-13(18)5-10/h4-5,7,11,14H,6,8-9,19H2,1-3H3/t11-,14+/m0/s1. The van der Waals surface area contributed by atoms with Crippen LogP contribution < -0.4 is 5.73 Å². The second kappa shape index (κ2) is 6.20. The zero-order valence-corrected chi connectivity index (χ0v) is 13.1. The molecule has 1 aromatic rings. The predicted molar refractivity (Wildman–Crippen MR) is 79.5 cm³/mol. The maximum Gasteiger partial charge on any atom is 0.410 e. The van der Waals surface area contributed by atoms with E-state index >= 15 is 0 Å². The predicted octanol–water partition coefficient (Wildman–Crippen LogP) is 3.02. The van der Waals surface area contributed by atoms with Gasteiger partial charge in [-0.3, -0.25) is 0 Å². The first-order chi connectivity index (χ1) is 10.1. The van der Waals surface area contributed by atoms with Gasteiger partial charge in [0.15, 0.2) is 0 Å². The van der Waals surface area contributed by atoms with E-state index < -0.39 is 23.3 Å². The number of piperidine rings is 1. The number of nitrogens with two attached hydrogens (primary N) is 1. The molecule has 22 heavy (non-hydrogen) atoms. The van der Waals surface area contributed by atoms with Crippen LogP contribution in [0.2, 0.25) is 0 Å². The lowest BCUT2D eigenvalue weighted by molar-refractivity contribution is 0.0180. The van der Waals surface area contributed by atoms with Crippen molar-refractivity contribution < 1.29 is 18.3 Å². The summed E-state index contributed by atoms with van der Waals surface area (Å²) < 4.78 is 32.1. The van der Waals surface area contributed by atoms with Crippen molar-refractivity contribution in [3.63, 3.8) is 0 Å². The summed E-state index contributed by atoms with van der Waals surface area (Å²) >= 11 is 0. The Hall–Kier alpha value is -1.69. The van der Waals surface area contributed by atoms with Crippen molar-refractivity contribution >= 4 is 6.09 Å². The molecule has 1 fully saturated rings. The molecule has 2 N–H and O–H groups in total. The van der Waals surface area contributed by atoms with E-state index in [9.17, 15) is 13.6 Å². The molecule has 2 rings (SSSR count). The Balaban J connectivity index is 2.15. The van der Waals surface area contributed by atoms with E-state index in [4.69, 9.17) is 10.5 Å². The number of hydrogen-bond acceptors (Lipinski definition) is 3. The number of halogens is 2. The highest BCUT2D eigenvalue weighted by molar-refractivity contribution is 5.68. The molecule has 0 aromatic heterocycles. The molecule has 0 saturated carbocycles. The lowest BCUT2D eigenvalue weighted by Crippen LogP contribution is -2.50. The Bertz CT molecular complexity index is 537. The second-order valence-corrected chi connectivity index (χ2v) is 6.78. The van der Waals surface area contributed by atoms with Gasteiger partial charge in [-0.15, -0.1) is 0 Å². The van der Waals surface area contributed by atoms with E-state index in [1.54, 1.807) is 20.8 Å². The third-order valence-corrected chi connectivity index (χ3v) is 3.49. The highest BCUT2D eigenvalue weighted by Gasteiger charge is 2.32. The van der Waals surface area contributed by atoms with E-state index in [1.807, 2.05) is 0 Å². The molecule has 1 aliphatic heterocycles. The average molecular weight is 312 g/mol. The molecule has 0 aliphatic carbocycles. The van der Waals surface area contributed by atoms with Crippen molar-refractivity contribution in [2.24, 2.45) is 5.73 Å². The van der Waals surface area contributed by atoms with Gasteiger partial charge in [-0.05, 0) is 44.9 Å². The van der Waals surface area contributed by atoms with Crippen molar-refractivity contribution in [2.45, 2.75) is 44.8 Å². The summed E-state index contributed by atoms with van der Waals surface area (Å²) in [7, 11) is 0. The third kappa shape index (κ3) is 4.40. The number of rotatable bonds is 1. The molecule has 0 bridgehead atoms. The average Bonchev–Trinajstić information content (AvgIpc) is 2.34. The number of carbonyl (C=O) groups is 1. The highest BCUT2D eigenvalue weighted by atomic mass is 19.1. The molecular weight excluding hydrogens is 290 g/mol. The summed E-state index contributed by atoms with van der Waals surface area (Å²) in [6.07, 6.45) is 0.117. The van der Waals surface area contributed by atoms with Crippen molar-refractivity contribution in [3.05, 3.63) is 35.4 Å². The maximum atomic E-state index is 13.4. The fraction of sp³-hybridized carbons (Fsp3) is 0.562. The van der Waals surface area contributed by atoms with Gasteiger partial charge in [0.2, 0.25) is 0 Å². The van der Waals surface area contributed by atoms with Crippen LogP contribution in [0.5, 0.6) is 0 Å². The lowest BCUT2D eigenvalue weighted by atomic mass is 9.88. The van der Waals surface area contributed by atoms with E-state index in [-0.39, 0.29) is 12.0 Å². The Labute approximate surface area is 129 Å². The van der Waals surface area contributed by atoms with E-state index in [0.29, 0.717) is 25.1 Å². The minimum absolute atomic E-state index is 0.207. The van der Waals surface area contributed by atoms with Crippen molar-refractivity contribution in [2.75, 3.05) is 13.1 Å². The minimum Gasteiger partial charge on any atom is -0.444 e. The zero-order chi connectivity index (χ0) is 16.5. The molecule has 2 atom stereocenters. The molecular formula is C16H22F2N2O2. The second-order valence-electron chi connectivity index (χ2n) is 6.78. The smallest absolute Gasteiger partial charge is 0.410 e. The fourth-order valence-corrected chi connectivity index (χ4v) is 2.67. The fourth-order valence-electron chi connectivity index (χ4n) is 2.67. The van der Waals surface area contributed by atoms with Gasteiger partial charge in [-0.25, -0.2) is 13.6 Å². The number of carbonyl (C=O) groups excluding carboxylic acids is 1. The monoisotopic (exact) mass is 312 g/mol. The van der Waals surface area contributed by atoms with Crippen LogP contribution in [0, 0.1) is 11.6 Å². The largest absolute Gasteiger partial charge is 0.444 e. The van der Waals surface area contributed by atoms with E-state index in [2.05, 4.69) is 0 Å². The van der Waals surface area contributed by atoms with Gasteiger partial charge in [-0.2, -0.15) is 0 Å². The van der Waals surface area contributed by atoms with Crippen LogP contribution in [-0.2, 0) is 4.74 Å². The minimum atomic E-state index is -0.627. The van der Waals surface area contributed by atoms with E-state index in [0.717, 1.165) is 6.07 Å². The topological polar surface area (TPSA) is 55.6 Å². The van der Waals surface area contributed by atoms with Gasteiger partial charge in [0.1, 0.15) is 17.2 Å². The molecule has 0 radical (unpaired) electrons. The Morgan fingerprint density at radius 2 is 1.82 bits per heavy atom. The molecule has 0 unspecified atom stereocenters. The van der Waals surface area contributed by atoms with Gasteiger partial charge in [-0.1, -0.05) is 0 Å². The third-order valence-electron chi connectivity index (χ3n) is 3.49. The van der Waals surface area contributed by atoms with Crippen molar-refractivity contribution in [1.29, 1.82) is 0 Å². The summed E-state index contributed by atoms with van der Waals surface area (Å²) in [5, 5.41) is 0. The number of likely N-dealkylation sites (tertiary alicyclic amines) is 1. The quantitative estimate of drug-likeness (QED) is 0.867. The van der Waals surface area contributed by atoms with Crippen LogP contribution in [0.4, 0.5) is 13.6 Å². The Kier molecular flexibility index (Phi) is 4.70. The normalized spacial score (nSPS) is 22.5. The molecule has 1 saturated heterocycles. The van der Waals surface area contributed by atoms with Gasteiger partial charge in [0.25, 0.3) is 0 Å². The first-order valence-corrected chi connectivity index (χ1v) is 7.33. The number of amides is 1. The van der Waals surface area contributed by atoms with Crippen LogP contribution >= 0.6 is 0 Å². The van der Waals surface area contributed by atoms with Gasteiger partial charge >= 0.3 is 6.09 Å². The molecule has 1 heterocycles. The zero-order valence-electron chi connectivity index (χ0n) is 13.1. The SMILES string of the molecule is CC(C)(C)OC(=O)N1C[C@H](N)C[C@H](c2cc(F)cc(F)c2)C1. The summed E-state index contributed by atoms with van der Waals surface area (Å²) in [6, 6.07) is 3.16. The van der Waals surface area contributed by atoms with Crippen LogP contribution in [0.1, 0.15) is 38.7 Å². The van der Waals surface area contributed by atoms with Gasteiger partial charge in [0.05, 0.1) is 0 Å². The summed E-state index contributed by atoms with van der Waals surface area (Å²) in [4.78, 5) is 13.7. The summed E-state index contributed by atoms with van der Waals surface area (Å²) in [5.74, 6) is -1.46. The highest BCUT2D eigenvalue weighted by Crippen LogP contribution is 2.28. The van der Waals surface area contributed by atoms with Gasteiger partial charge < -0.3 is 15.4 Å². The van der Waals surface area contributed by atoms with Crippen LogP contribution in [0.3, 0.4) is 0 Å². The van der Waals surface area contributed by atoms with Crippen LogP contribution in [0.25, 0.3) is 0 Å². The molecule has 1 amide bonds. The van der Waals surface area contributed by atoms with E-state index in [1.165, 1.54) is 17.0 Å². The molecule has 122 valence electrons. The summed E-state index contributed by atoms with van der Waals surface area (Å²) in [5.41, 5.74) is 5.91. The molecule has 0 spiro atoms. The molecule has 4 nitrogen and oxygen atoms in total. The number of hydrogen-bond donors (Lipinski definition) is 1. The Morgan fingerprint density at radius 1 is 1.23 bits per heavy atom. The first-order valence-electron chi connectivity index (χ1n) is 7.33. The number of benzene rings is 1. The summed E-state index contributed by atoms with van der Waals surface area (Å²) in [6.45, 7) is 6.07. The first kappa shape index (κ1) is 16.7.